The Hall–Kier alpha value is -4.39. The zero-order valence-electron chi connectivity index (χ0n) is 52.6. The standard InChI is InChI=1S/C55H97N8O28PS/c1-5-92(81,93)91-33-8-6-32(7-9-33)50(78)63-35(52(80)58-16-19-84-22-25-87-55-43(61-31(4)69)49(77)46(74)38(28-66)90-55)11-13-40(71)62-34(51(79)57-15-18-83-21-24-86-54-42(60-30(3)68)48(76)45(73)37(27-65)89-54)10-12-39(70)56-14-17-82-20-23-85-53-41(59-29(2)67)47(75)44(72)36(26-64)88-53/h32-38,41-49,53-55,64-66,72-77H,5-28H2,1-4H3,(H,56,70)(H,57,79)(H,58,80)(H,59,67)(H,60,68)(H,61,69)(H,62,71)(H,63,78)(H,81,93). The number of hydrogen-bond donors (Lipinski definition) is 18. The highest BCUT2D eigenvalue weighted by Gasteiger charge is 2.48. The van der Waals surface area contributed by atoms with Crippen molar-refractivity contribution in [3.05, 3.63) is 0 Å². The summed E-state index contributed by atoms with van der Waals surface area (Å²) in [6, 6.07) is -6.19. The predicted octanol–water partition coefficient (Wildman–Crippen LogP) is -8.31. The summed E-state index contributed by atoms with van der Waals surface area (Å²) in [7, 11) is 0. The third-order valence-electron chi connectivity index (χ3n) is 15.3. The second-order valence-electron chi connectivity index (χ2n) is 22.5. The van der Waals surface area contributed by atoms with Crippen LogP contribution in [0.1, 0.15) is 79.1 Å². The fourth-order valence-electron chi connectivity index (χ4n) is 10.3. The van der Waals surface area contributed by atoms with Crippen molar-refractivity contribution in [2.75, 3.05) is 105 Å². The van der Waals surface area contributed by atoms with Crippen LogP contribution in [0.25, 0.3) is 0 Å². The van der Waals surface area contributed by atoms with E-state index in [1.54, 1.807) is 6.92 Å². The lowest BCUT2D eigenvalue weighted by molar-refractivity contribution is -0.272. The number of aliphatic hydroxyl groups is 9. The summed E-state index contributed by atoms with van der Waals surface area (Å²) in [6.45, 7) is -0.883. The molecule has 3 heterocycles. The molecule has 3 aliphatic heterocycles. The molecule has 1 saturated carbocycles. The minimum atomic E-state index is -2.99. The van der Waals surface area contributed by atoms with Crippen LogP contribution in [0.3, 0.4) is 0 Å². The summed E-state index contributed by atoms with van der Waals surface area (Å²) in [5, 5.41) is 112. The van der Waals surface area contributed by atoms with Crippen LogP contribution in [-0.4, -0.2) is 313 Å². The number of aliphatic hydroxyl groups excluding tert-OH is 9. The molecule has 18 atom stereocenters. The smallest absolute Gasteiger partial charge is 0.242 e. The van der Waals surface area contributed by atoms with Crippen molar-refractivity contribution in [3.63, 3.8) is 0 Å². The third kappa shape index (κ3) is 27.9. The van der Waals surface area contributed by atoms with Crippen molar-refractivity contribution >= 4 is 65.6 Å². The predicted molar refractivity (Wildman–Crippen MR) is 322 cm³/mol. The van der Waals surface area contributed by atoms with Gasteiger partial charge in [-0.25, -0.2) is 0 Å². The summed E-state index contributed by atoms with van der Waals surface area (Å²) in [5.41, 5.74) is 0. The van der Waals surface area contributed by atoms with Gasteiger partial charge in [-0.2, -0.15) is 0 Å². The summed E-state index contributed by atoms with van der Waals surface area (Å²) in [4.78, 5) is 114. The molecule has 18 unspecified atom stereocenters. The van der Waals surface area contributed by atoms with Crippen LogP contribution in [-0.2, 0) is 97.3 Å². The summed E-state index contributed by atoms with van der Waals surface area (Å²) < 4.78 is 56.0. The molecule has 1 aliphatic carbocycles. The van der Waals surface area contributed by atoms with Gasteiger partial charge in [0.25, 0.3) is 0 Å². The van der Waals surface area contributed by atoms with Gasteiger partial charge in [-0.1, -0.05) is 6.92 Å². The maximum atomic E-state index is 13.8. The van der Waals surface area contributed by atoms with Gasteiger partial charge in [0.1, 0.15) is 85.1 Å². The number of carbonyl (C=O) groups excluding carboxylic acids is 8. The van der Waals surface area contributed by atoms with Crippen molar-refractivity contribution in [2.45, 2.75) is 189 Å². The van der Waals surface area contributed by atoms with Crippen LogP contribution >= 0.6 is 6.49 Å². The number of rotatable bonds is 41. The Morgan fingerprint density at radius 1 is 0.495 bits per heavy atom. The van der Waals surface area contributed by atoms with E-state index in [1.807, 2.05) is 0 Å². The van der Waals surface area contributed by atoms with Gasteiger partial charge in [0.15, 0.2) is 25.4 Å². The molecule has 0 aromatic heterocycles. The molecule has 38 heteroatoms. The molecule has 36 nitrogen and oxygen atoms in total. The summed E-state index contributed by atoms with van der Waals surface area (Å²) in [5.74, 6) is -5.43. The second-order valence-corrected chi connectivity index (χ2v) is 26.3. The molecule has 0 radical (unpaired) electrons. The molecule has 0 bridgehead atoms. The number of hydrogen-bond acceptors (Lipinski definition) is 28. The molecule has 4 rings (SSSR count). The van der Waals surface area contributed by atoms with E-state index in [9.17, 15) is 89.2 Å². The Morgan fingerprint density at radius 3 is 1.20 bits per heavy atom. The summed E-state index contributed by atoms with van der Waals surface area (Å²) >= 11 is 5.19. The SMILES string of the molecule is CCP(O)(=S)OC1CCC(C(=O)NC(CCC(=O)NC(CCC(=O)NCCOCCOC2OC(CO)C(O)C(O)C2NC(C)=O)C(=O)NCCOCCOC2OC(CO)C(O)C(O)C2NC(C)=O)C(=O)NCCOCCOC2OC(CO)C(O)C(O)C2NC(C)=O)CC1. The lowest BCUT2D eigenvalue weighted by Gasteiger charge is -2.42. The van der Waals surface area contributed by atoms with Gasteiger partial charge in [0, 0.05) is 65.3 Å². The third-order valence-corrected chi connectivity index (χ3v) is 17.8. The molecule has 0 aromatic carbocycles. The van der Waals surface area contributed by atoms with Crippen LogP contribution in [0.15, 0.2) is 0 Å². The van der Waals surface area contributed by atoms with E-state index < -0.39 is 190 Å². The van der Waals surface area contributed by atoms with Gasteiger partial charge in [0.05, 0.1) is 85.4 Å². The molecule has 18 N–H and O–H groups in total. The number of carbonyl (C=O) groups is 8. The quantitative estimate of drug-likeness (QED) is 0.0200. The van der Waals surface area contributed by atoms with Crippen molar-refractivity contribution in [1.29, 1.82) is 0 Å². The molecule has 0 aromatic rings. The second kappa shape index (κ2) is 42.3. The van der Waals surface area contributed by atoms with Gasteiger partial charge in [-0.15, -0.1) is 0 Å². The van der Waals surface area contributed by atoms with Crippen LogP contribution in [0.4, 0.5) is 0 Å². The molecule has 93 heavy (non-hydrogen) atoms. The maximum absolute atomic E-state index is 13.8. The minimum Gasteiger partial charge on any atom is -0.394 e. The zero-order chi connectivity index (χ0) is 68.8. The highest BCUT2D eigenvalue weighted by atomic mass is 32.5. The Balaban J connectivity index is 1.36. The van der Waals surface area contributed by atoms with Gasteiger partial charge in [0.2, 0.25) is 47.3 Å². The fraction of sp³-hybridized carbons (Fsp3) is 0.855. The summed E-state index contributed by atoms with van der Waals surface area (Å²) in [6.07, 6.45) is -16.4. The van der Waals surface area contributed by atoms with E-state index in [2.05, 4.69) is 42.5 Å². The van der Waals surface area contributed by atoms with E-state index >= 15 is 0 Å². The number of amides is 8. The maximum Gasteiger partial charge on any atom is 0.242 e. The van der Waals surface area contributed by atoms with Crippen molar-refractivity contribution in [3.8, 4) is 0 Å². The lowest BCUT2D eigenvalue weighted by Crippen LogP contribution is -2.64. The molecule has 8 amide bonds. The van der Waals surface area contributed by atoms with E-state index in [1.165, 1.54) is 20.8 Å². The molecule has 4 fully saturated rings. The topological polar surface area (TPSA) is 527 Å². The van der Waals surface area contributed by atoms with Crippen LogP contribution in [0, 0.1) is 5.92 Å². The highest BCUT2D eigenvalue weighted by Crippen LogP contribution is 2.46. The zero-order valence-corrected chi connectivity index (χ0v) is 54.3. The first-order valence-corrected chi connectivity index (χ1v) is 33.8. The van der Waals surface area contributed by atoms with E-state index in [-0.39, 0.29) is 111 Å². The van der Waals surface area contributed by atoms with Crippen molar-refractivity contribution in [1.82, 2.24) is 42.5 Å². The Kier molecular flexibility index (Phi) is 36.9. The van der Waals surface area contributed by atoms with Crippen LogP contribution < -0.4 is 42.5 Å². The molecule has 536 valence electrons. The number of ether oxygens (including phenoxy) is 9. The lowest BCUT2D eigenvalue weighted by atomic mass is 9.86. The monoisotopic (exact) mass is 1380 g/mol. The Morgan fingerprint density at radius 2 is 0.849 bits per heavy atom. The number of nitrogens with one attached hydrogen (secondary N) is 8. The molecule has 0 spiro atoms. The van der Waals surface area contributed by atoms with E-state index in [0.717, 1.165) is 0 Å². The molecule has 3 saturated heterocycles. The van der Waals surface area contributed by atoms with Gasteiger partial charge in [-0.05, 0) is 50.3 Å². The molecular weight excluding hydrogens is 1280 g/mol. The molecular formula is C55H97N8O28PS. The van der Waals surface area contributed by atoms with Gasteiger partial charge >= 0.3 is 0 Å². The van der Waals surface area contributed by atoms with Crippen molar-refractivity contribution in [2.24, 2.45) is 5.92 Å². The largest absolute Gasteiger partial charge is 0.394 e. The average Bonchev–Trinajstić information content (AvgIpc) is 0.867. The normalized spacial score (nSPS) is 30.1. The Labute approximate surface area is 542 Å². The van der Waals surface area contributed by atoms with E-state index in [0.29, 0.717) is 25.7 Å². The van der Waals surface area contributed by atoms with Gasteiger partial charge < -0.3 is 141 Å². The van der Waals surface area contributed by atoms with Crippen molar-refractivity contribution < 1.29 is 136 Å². The van der Waals surface area contributed by atoms with Crippen LogP contribution in [0.5, 0.6) is 0 Å². The first kappa shape index (κ1) is 81.0. The molecule has 4 aliphatic rings. The van der Waals surface area contributed by atoms with Gasteiger partial charge in [-0.3, -0.25) is 38.4 Å². The fourth-order valence-corrected chi connectivity index (χ4v) is 11.5. The average molecular weight is 1380 g/mol. The highest BCUT2D eigenvalue weighted by molar-refractivity contribution is 8.09. The first-order valence-electron chi connectivity index (χ1n) is 30.9. The minimum absolute atomic E-state index is 0.0225. The van der Waals surface area contributed by atoms with Crippen LogP contribution in [0.2, 0.25) is 0 Å². The van der Waals surface area contributed by atoms with E-state index in [4.69, 9.17) is 59.0 Å². The first-order chi connectivity index (χ1) is 44.2. The Bertz CT molecular complexity index is 2380.